The second-order valence-corrected chi connectivity index (χ2v) is 7.07. The van der Waals surface area contributed by atoms with Gasteiger partial charge in [-0.1, -0.05) is 26.2 Å². The molecule has 2 aromatic carbocycles. The zero-order chi connectivity index (χ0) is 19.2. The van der Waals surface area contributed by atoms with Crippen LogP contribution in [-0.2, 0) is 4.74 Å². The van der Waals surface area contributed by atoms with E-state index in [0.29, 0.717) is 16.9 Å². The van der Waals surface area contributed by atoms with Gasteiger partial charge in [0.2, 0.25) is 0 Å². The van der Waals surface area contributed by atoms with Crippen molar-refractivity contribution in [1.29, 1.82) is 0 Å². The average Bonchev–Trinajstić information content (AvgIpc) is 2.95. The van der Waals surface area contributed by atoms with Crippen molar-refractivity contribution in [1.82, 2.24) is 0 Å². The largest absolute Gasteiger partial charge is 0.491 e. The number of unbranched alkanes of at least 4 members (excludes halogenated alkanes) is 3. The number of fused-ring (bicyclic) bond motifs is 3. The summed E-state index contributed by atoms with van der Waals surface area (Å²) in [6.45, 7) is 4.47. The smallest absolute Gasteiger partial charge is 0.194 e. The molecule has 0 saturated carbocycles. The van der Waals surface area contributed by atoms with Crippen molar-refractivity contribution in [3.63, 3.8) is 0 Å². The quantitative estimate of drug-likeness (QED) is 0.344. The van der Waals surface area contributed by atoms with Crippen LogP contribution in [0.1, 0.15) is 61.9 Å². The molecule has 0 aromatic heterocycles. The van der Waals surface area contributed by atoms with Gasteiger partial charge in [-0.15, -0.1) is 0 Å². The molecule has 1 atom stereocenters. The lowest BCUT2D eigenvalue weighted by Crippen LogP contribution is -2.11. The second-order valence-electron chi connectivity index (χ2n) is 7.07. The molecule has 1 aliphatic rings. The Morgan fingerprint density at radius 1 is 0.889 bits per heavy atom. The molecule has 0 radical (unpaired) electrons. The summed E-state index contributed by atoms with van der Waals surface area (Å²) in [4.78, 5) is 12.9. The van der Waals surface area contributed by atoms with Crippen LogP contribution < -0.4 is 9.47 Å². The maximum Gasteiger partial charge on any atom is 0.194 e. The van der Waals surface area contributed by atoms with E-state index < -0.39 is 0 Å². The Hall–Kier alpha value is -2.33. The second kappa shape index (κ2) is 9.05. The maximum absolute atomic E-state index is 12.9. The number of ketones is 1. The predicted octanol–water partition coefficient (Wildman–Crippen LogP) is 5.62. The van der Waals surface area contributed by atoms with Gasteiger partial charge in [0, 0.05) is 18.2 Å². The van der Waals surface area contributed by atoms with Crippen molar-refractivity contribution in [2.24, 2.45) is 0 Å². The minimum Gasteiger partial charge on any atom is -0.491 e. The Kier molecular flexibility index (Phi) is 6.51. The summed E-state index contributed by atoms with van der Waals surface area (Å²) in [6, 6.07) is 11.4. The molecule has 0 unspecified atom stereocenters. The highest BCUT2D eigenvalue weighted by Gasteiger charge is 2.27. The number of benzene rings is 2. The lowest BCUT2D eigenvalue weighted by Gasteiger charge is -2.15. The summed E-state index contributed by atoms with van der Waals surface area (Å²) in [5.74, 6) is 1.41. The van der Waals surface area contributed by atoms with Crippen LogP contribution in [-0.4, -0.2) is 25.8 Å². The third-order valence-electron chi connectivity index (χ3n) is 4.91. The first-order chi connectivity index (χ1) is 13.1. The first kappa shape index (κ1) is 19.4. The number of methoxy groups -OCH3 is 1. The van der Waals surface area contributed by atoms with E-state index in [1.807, 2.05) is 30.3 Å². The highest BCUT2D eigenvalue weighted by atomic mass is 16.7. The Morgan fingerprint density at radius 2 is 1.56 bits per heavy atom. The van der Waals surface area contributed by atoms with Gasteiger partial charge >= 0.3 is 0 Å². The first-order valence-electron chi connectivity index (χ1n) is 9.75. The van der Waals surface area contributed by atoms with Crippen molar-refractivity contribution in [2.75, 3.05) is 13.9 Å². The minimum absolute atomic E-state index is 0.0175. The molecule has 0 spiro atoms. The van der Waals surface area contributed by atoms with E-state index >= 15 is 0 Å². The fourth-order valence-electron chi connectivity index (χ4n) is 3.48. The van der Waals surface area contributed by atoms with E-state index in [9.17, 15) is 4.79 Å². The summed E-state index contributed by atoms with van der Waals surface area (Å²) in [7, 11) is 1.57. The molecule has 0 amide bonds. The molecule has 144 valence electrons. The number of carbonyl (C=O) groups excluding carboxylic acids is 1. The van der Waals surface area contributed by atoms with Crippen LogP contribution >= 0.6 is 0 Å². The molecule has 0 saturated heterocycles. The molecule has 4 heteroatoms. The van der Waals surface area contributed by atoms with Crippen molar-refractivity contribution >= 4 is 5.78 Å². The van der Waals surface area contributed by atoms with Gasteiger partial charge < -0.3 is 14.2 Å². The van der Waals surface area contributed by atoms with E-state index in [1.54, 1.807) is 13.2 Å². The zero-order valence-electron chi connectivity index (χ0n) is 16.4. The number of rotatable bonds is 10. The normalized spacial score (nSPS) is 13.2. The van der Waals surface area contributed by atoms with Crippen LogP contribution in [0.5, 0.6) is 11.5 Å². The first-order valence-corrected chi connectivity index (χ1v) is 9.75. The molecule has 3 rings (SSSR count). The number of ether oxygens (including phenoxy) is 3. The molecule has 0 N–H and O–H groups in total. The summed E-state index contributed by atoms with van der Waals surface area (Å²) >= 11 is 0. The van der Waals surface area contributed by atoms with E-state index in [4.69, 9.17) is 14.2 Å². The topological polar surface area (TPSA) is 44.8 Å². The monoisotopic (exact) mass is 368 g/mol. The number of hydrogen-bond acceptors (Lipinski definition) is 4. The van der Waals surface area contributed by atoms with Crippen LogP contribution in [0.25, 0.3) is 11.1 Å². The number of hydrogen-bond donors (Lipinski definition) is 0. The Morgan fingerprint density at radius 3 is 2.22 bits per heavy atom. The van der Waals surface area contributed by atoms with Crippen LogP contribution in [0, 0.1) is 0 Å². The third kappa shape index (κ3) is 4.51. The van der Waals surface area contributed by atoms with Gasteiger partial charge in [-0.25, -0.2) is 0 Å². The molecule has 2 aromatic rings. The predicted molar refractivity (Wildman–Crippen MR) is 107 cm³/mol. The summed E-state index contributed by atoms with van der Waals surface area (Å²) < 4.78 is 16.4. The van der Waals surface area contributed by atoms with Gasteiger partial charge in [0.1, 0.15) is 11.5 Å². The zero-order valence-corrected chi connectivity index (χ0v) is 16.4. The van der Waals surface area contributed by atoms with Crippen molar-refractivity contribution in [3.8, 4) is 22.6 Å². The summed E-state index contributed by atoms with van der Waals surface area (Å²) in [5.41, 5.74) is 3.27. The van der Waals surface area contributed by atoms with Crippen LogP contribution in [0.3, 0.4) is 0 Å². The fraction of sp³-hybridized carbons (Fsp3) is 0.435. The lowest BCUT2D eigenvalue weighted by molar-refractivity contribution is 0.0510. The molecule has 4 nitrogen and oxygen atoms in total. The van der Waals surface area contributed by atoms with E-state index in [0.717, 1.165) is 23.3 Å². The molecule has 0 bridgehead atoms. The van der Waals surface area contributed by atoms with Crippen LogP contribution in [0.4, 0.5) is 0 Å². The lowest BCUT2D eigenvalue weighted by atomic mass is 10.1. The average molecular weight is 368 g/mol. The van der Waals surface area contributed by atoms with Gasteiger partial charge in [0.05, 0.1) is 6.10 Å². The van der Waals surface area contributed by atoms with Gasteiger partial charge in [-0.3, -0.25) is 4.79 Å². The molecule has 1 aliphatic carbocycles. The molecule has 27 heavy (non-hydrogen) atoms. The fourth-order valence-corrected chi connectivity index (χ4v) is 3.48. The molecule has 0 aliphatic heterocycles. The van der Waals surface area contributed by atoms with Crippen LogP contribution in [0.2, 0.25) is 0 Å². The maximum atomic E-state index is 12.9. The molecule has 0 fully saturated rings. The highest BCUT2D eigenvalue weighted by Crippen LogP contribution is 2.40. The summed E-state index contributed by atoms with van der Waals surface area (Å²) in [5, 5.41) is 0. The standard InChI is InChI=1S/C23H28O4/c1-4-5-6-7-8-16(2)27-18-10-12-20-19-11-9-17(26-15-25-3)13-21(19)23(24)22(20)14-18/h9-14,16H,4-8,15H2,1-3H3/t16-/m1/s1. The number of carbonyl (C=O) groups is 1. The Balaban J connectivity index is 1.70. The van der Waals surface area contributed by atoms with E-state index in [1.165, 1.54) is 25.7 Å². The van der Waals surface area contributed by atoms with Crippen molar-refractivity contribution in [3.05, 3.63) is 47.5 Å². The van der Waals surface area contributed by atoms with Crippen LogP contribution in [0.15, 0.2) is 36.4 Å². The van der Waals surface area contributed by atoms with Crippen molar-refractivity contribution < 1.29 is 19.0 Å². The Bertz CT molecular complexity index is 797. The van der Waals surface area contributed by atoms with Crippen molar-refractivity contribution in [2.45, 2.75) is 52.1 Å². The SMILES string of the molecule is CCCCCC[C@@H](C)Oc1ccc2c(c1)C(=O)c1cc(OCOC)ccc1-2. The minimum atomic E-state index is 0.0175. The van der Waals surface area contributed by atoms with Gasteiger partial charge in [-0.2, -0.15) is 0 Å². The van der Waals surface area contributed by atoms with E-state index in [-0.39, 0.29) is 18.7 Å². The Labute approximate surface area is 161 Å². The molecular weight excluding hydrogens is 340 g/mol. The van der Waals surface area contributed by atoms with E-state index in [2.05, 4.69) is 13.8 Å². The van der Waals surface area contributed by atoms with Gasteiger partial charge in [-0.05, 0) is 67.3 Å². The van der Waals surface area contributed by atoms with Gasteiger partial charge in [0.25, 0.3) is 0 Å². The van der Waals surface area contributed by atoms with Gasteiger partial charge in [0.15, 0.2) is 12.6 Å². The third-order valence-corrected chi connectivity index (χ3v) is 4.91. The molecular formula is C23H28O4. The highest BCUT2D eigenvalue weighted by molar-refractivity contribution is 6.22. The summed E-state index contributed by atoms with van der Waals surface area (Å²) in [6.07, 6.45) is 6.11. The molecule has 0 heterocycles.